The first kappa shape index (κ1) is 22.2. The van der Waals surface area contributed by atoms with Gasteiger partial charge in [-0.25, -0.2) is 0 Å². The molecular formula is C20H28F3N3O2. The van der Waals surface area contributed by atoms with Gasteiger partial charge in [0.15, 0.2) is 0 Å². The molecule has 0 spiro atoms. The van der Waals surface area contributed by atoms with Gasteiger partial charge in [0.1, 0.15) is 5.78 Å². The third kappa shape index (κ3) is 6.82. The quantitative estimate of drug-likeness (QED) is 0.766. The molecule has 0 bridgehead atoms. The van der Waals surface area contributed by atoms with E-state index >= 15 is 0 Å². The molecule has 1 N–H and O–H groups in total. The molecule has 8 heteroatoms. The zero-order valence-corrected chi connectivity index (χ0v) is 16.6. The number of alkyl halides is 3. The molecule has 0 aromatic heterocycles. The molecule has 0 radical (unpaired) electrons. The summed E-state index contributed by atoms with van der Waals surface area (Å²) in [6.07, 6.45) is -3.74. The number of amides is 1. The van der Waals surface area contributed by atoms with Gasteiger partial charge >= 0.3 is 6.18 Å². The Kier molecular flexibility index (Phi) is 7.09. The first-order chi connectivity index (χ1) is 13.0. The monoisotopic (exact) mass is 399 g/mol. The summed E-state index contributed by atoms with van der Waals surface area (Å²) in [5, 5.41) is 2.88. The molecule has 5 nitrogen and oxygen atoms in total. The van der Waals surface area contributed by atoms with Crippen molar-refractivity contribution in [1.82, 2.24) is 10.2 Å². The summed E-state index contributed by atoms with van der Waals surface area (Å²) >= 11 is 0. The lowest BCUT2D eigenvalue weighted by Gasteiger charge is -2.36. The molecule has 1 aromatic carbocycles. The van der Waals surface area contributed by atoms with Crippen LogP contribution in [-0.4, -0.2) is 54.9 Å². The molecule has 1 aliphatic heterocycles. The maximum absolute atomic E-state index is 12.9. The van der Waals surface area contributed by atoms with Crippen molar-refractivity contribution in [3.05, 3.63) is 29.8 Å². The van der Waals surface area contributed by atoms with Crippen LogP contribution < -0.4 is 10.2 Å². The highest BCUT2D eigenvalue weighted by Crippen LogP contribution is 2.31. The summed E-state index contributed by atoms with van der Waals surface area (Å²) in [6, 6.07) is 5.37. The summed E-state index contributed by atoms with van der Waals surface area (Å²) < 4.78 is 38.6. The predicted octanol–water partition coefficient (Wildman–Crippen LogP) is 3.09. The number of ketones is 1. The van der Waals surface area contributed by atoms with Crippen molar-refractivity contribution in [2.24, 2.45) is 0 Å². The fourth-order valence-electron chi connectivity index (χ4n) is 3.47. The average molecular weight is 399 g/mol. The average Bonchev–Trinajstić information content (AvgIpc) is 2.58. The Bertz CT molecular complexity index is 696. The van der Waals surface area contributed by atoms with E-state index in [1.54, 1.807) is 6.07 Å². The summed E-state index contributed by atoms with van der Waals surface area (Å²) in [6.45, 7) is 8.30. The van der Waals surface area contributed by atoms with Crippen LogP contribution in [0.2, 0.25) is 0 Å². The van der Waals surface area contributed by atoms with Crippen LogP contribution >= 0.6 is 0 Å². The molecule has 1 fully saturated rings. The molecule has 1 aromatic rings. The van der Waals surface area contributed by atoms with Crippen LogP contribution in [0.4, 0.5) is 18.9 Å². The normalized spacial score (nSPS) is 16.1. The lowest BCUT2D eigenvalue weighted by molar-refractivity contribution is -0.137. The van der Waals surface area contributed by atoms with Crippen molar-refractivity contribution in [1.29, 1.82) is 0 Å². The van der Waals surface area contributed by atoms with Crippen molar-refractivity contribution in [3.63, 3.8) is 0 Å². The van der Waals surface area contributed by atoms with Crippen LogP contribution in [0.1, 0.15) is 39.2 Å². The maximum Gasteiger partial charge on any atom is 0.416 e. The van der Waals surface area contributed by atoms with E-state index in [0.717, 1.165) is 6.07 Å². The molecule has 1 aliphatic rings. The van der Waals surface area contributed by atoms with Crippen LogP contribution in [0, 0.1) is 0 Å². The molecule has 1 amide bonds. The number of carbonyl (C=O) groups excluding carboxylic acids is 2. The summed E-state index contributed by atoms with van der Waals surface area (Å²) in [7, 11) is 0. The Morgan fingerprint density at radius 1 is 1.11 bits per heavy atom. The van der Waals surface area contributed by atoms with Crippen molar-refractivity contribution in [2.75, 3.05) is 37.6 Å². The van der Waals surface area contributed by atoms with Crippen LogP contribution in [0.5, 0.6) is 0 Å². The smallest absolute Gasteiger partial charge is 0.369 e. The number of rotatable bonds is 7. The fraction of sp³-hybridized carbons (Fsp3) is 0.600. The highest BCUT2D eigenvalue weighted by Gasteiger charge is 2.31. The number of nitrogens with one attached hydrogen (secondary N) is 1. The van der Waals surface area contributed by atoms with Crippen LogP contribution in [0.15, 0.2) is 24.3 Å². The number of hydrogen-bond donors (Lipinski definition) is 1. The number of anilines is 1. The number of carbonyl (C=O) groups is 2. The third-order valence-electron chi connectivity index (χ3n) is 4.73. The number of Topliss-reactive ketones (excluding diaryl/α,β-unsaturated/α-hetero) is 1. The fourth-order valence-corrected chi connectivity index (χ4v) is 3.47. The van der Waals surface area contributed by atoms with Crippen molar-refractivity contribution in [2.45, 2.75) is 45.3 Å². The Labute approximate surface area is 163 Å². The molecule has 0 aliphatic carbocycles. The van der Waals surface area contributed by atoms with Crippen molar-refractivity contribution < 1.29 is 22.8 Å². The lowest BCUT2D eigenvalue weighted by Crippen LogP contribution is -2.49. The minimum Gasteiger partial charge on any atom is -0.369 e. The SMILES string of the molecule is CC(=O)CC(C)(C)NC(=O)CCN1CCN(c2cccc(C(F)(F)F)c2)CC1. The van der Waals surface area contributed by atoms with E-state index in [1.165, 1.54) is 19.1 Å². The molecule has 1 heterocycles. The number of nitrogens with zero attached hydrogens (tertiary/aromatic N) is 2. The Balaban J connectivity index is 1.80. The van der Waals surface area contributed by atoms with Gasteiger partial charge in [0, 0.05) is 56.8 Å². The van der Waals surface area contributed by atoms with E-state index in [9.17, 15) is 22.8 Å². The van der Waals surface area contributed by atoms with Gasteiger partial charge in [0.2, 0.25) is 5.91 Å². The highest BCUT2D eigenvalue weighted by molar-refractivity contribution is 5.80. The van der Waals surface area contributed by atoms with Gasteiger partial charge < -0.3 is 10.2 Å². The molecule has 28 heavy (non-hydrogen) atoms. The van der Waals surface area contributed by atoms with Gasteiger partial charge in [-0.15, -0.1) is 0 Å². The molecule has 0 saturated carbocycles. The Hall–Kier alpha value is -2.09. The molecular weight excluding hydrogens is 371 g/mol. The van der Waals surface area contributed by atoms with Gasteiger partial charge in [-0.2, -0.15) is 13.2 Å². The van der Waals surface area contributed by atoms with E-state index in [1.807, 2.05) is 18.7 Å². The van der Waals surface area contributed by atoms with E-state index in [2.05, 4.69) is 10.2 Å². The van der Waals surface area contributed by atoms with Crippen LogP contribution in [-0.2, 0) is 15.8 Å². The topological polar surface area (TPSA) is 52.7 Å². The second-order valence-corrected chi connectivity index (χ2v) is 7.94. The zero-order valence-electron chi connectivity index (χ0n) is 16.6. The van der Waals surface area contributed by atoms with Gasteiger partial charge in [-0.05, 0) is 39.0 Å². The number of halogens is 3. The molecule has 1 saturated heterocycles. The first-order valence-corrected chi connectivity index (χ1v) is 9.41. The van der Waals surface area contributed by atoms with E-state index in [4.69, 9.17) is 0 Å². The van der Waals surface area contributed by atoms with E-state index < -0.39 is 17.3 Å². The first-order valence-electron chi connectivity index (χ1n) is 9.41. The highest BCUT2D eigenvalue weighted by atomic mass is 19.4. The summed E-state index contributed by atoms with van der Waals surface area (Å²) in [5.74, 6) is -0.0810. The summed E-state index contributed by atoms with van der Waals surface area (Å²) in [5.41, 5.74) is -0.638. The number of benzene rings is 1. The third-order valence-corrected chi connectivity index (χ3v) is 4.73. The maximum atomic E-state index is 12.9. The summed E-state index contributed by atoms with van der Waals surface area (Å²) in [4.78, 5) is 27.4. The van der Waals surface area contributed by atoms with Gasteiger partial charge in [0.25, 0.3) is 0 Å². The van der Waals surface area contributed by atoms with Gasteiger partial charge in [0.05, 0.1) is 5.56 Å². The number of piperazine rings is 1. The second-order valence-electron chi connectivity index (χ2n) is 7.94. The molecule has 2 rings (SSSR count). The second kappa shape index (κ2) is 8.94. The molecule has 156 valence electrons. The van der Waals surface area contributed by atoms with E-state index in [-0.39, 0.29) is 18.1 Å². The Morgan fingerprint density at radius 2 is 1.75 bits per heavy atom. The molecule has 0 unspecified atom stereocenters. The van der Waals surface area contributed by atoms with Crippen LogP contribution in [0.25, 0.3) is 0 Å². The predicted molar refractivity (Wildman–Crippen MR) is 102 cm³/mol. The van der Waals surface area contributed by atoms with Crippen LogP contribution in [0.3, 0.4) is 0 Å². The molecule has 0 atom stereocenters. The largest absolute Gasteiger partial charge is 0.416 e. The van der Waals surface area contributed by atoms with Gasteiger partial charge in [-0.1, -0.05) is 6.07 Å². The van der Waals surface area contributed by atoms with Crippen molar-refractivity contribution >= 4 is 17.4 Å². The van der Waals surface area contributed by atoms with Gasteiger partial charge in [-0.3, -0.25) is 14.5 Å². The minimum atomic E-state index is -4.35. The lowest BCUT2D eigenvalue weighted by atomic mass is 9.98. The minimum absolute atomic E-state index is 0.0241. The Morgan fingerprint density at radius 3 is 2.32 bits per heavy atom. The zero-order chi connectivity index (χ0) is 20.9. The van der Waals surface area contributed by atoms with E-state index in [0.29, 0.717) is 44.8 Å². The standard InChI is InChI=1S/C20H28F3N3O2/c1-15(27)14-19(2,3)24-18(28)7-8-25-9-11-26(12-10-25)17-6-4-5-16(13-17)20(21,22)23/h4-6,13H,7-12,14H2,1-3H3,(H,24,28). The number of hydrogen-bond acceptors (Lipinski definition) is 4. The van der Waals surface area contributed by atoms with Crippen molar-refractivity contribution in [3.8, 4) is 0 Å².